The molecule has 0 amide bonds. The average Bonchev–Trinajstić information content (AvgIpc) is 2.88. The lowest BCUT2D eigenvalue weighted by molar-refractivity contribution is 0.582. The molecule has 0 radical (unpaired) electrons. The number of benzene rings is 1. The quantitative estimate of drug-likeness (QED) is 0.878. The predicted octanol–water partition coefficient (Wildman–Crippen LogP) is 3.10. The molecule has 2 rings (SSSR count). The molecular weight excluding hydrogens is 254 g/mol. The summed E-state index contributed by atoms with van der Waals surface area (Å²) in [7, 11) is 0. The number of aromatic nitrogens is 2. The van der Waals surface area contributed by atoms with E-state index in [1.165, 1.54) is 0 Å². The van der Waals surface area contributed by atoms with Crippen LogP contribution in [0, 0.1) is 0 Å². The topological polar surface area (TPSA) is 29.9 Å². The Morgan fingerprint density at radius 3 is 2.63 bits per heavy atom. The molecule has 19 heavy (non-hydrogen) atoms. The van der Waals surface area contributed by atoms with E-state index in [2.05, 4.69) is 48.7 Å². The molecule has 1 heterocycles. The predicted molar refractivity (Wildman–Crippen MR) is 82.9 cm³/mol. The molecule has 4 heteroatoms. The molecule has 0 aliphatic rings. The molecular formula is C15H21N3S. The minimum Gasteiger partial charge on any atom is -0.310 e. The lowest BCUT2D eigenvalue weighted by atomic mass is 10.2. The van der Waals surface area contributed by atoms with Crippen LogP contribution in [0.25, 0.3) is 5.69 Å². The van der Waals surface area contributed by atoms with Crippen LogP contribution in [0.15, 0.2) is 42.6 Å². The summed E-state index contributed by atoms with van der Waals surface area (Å²) in [5, 5.41) is 8.03. The first-order valence-corrected chi connectivity index (χ1v) is 7.69. The second-order valence-electron chi connectivity index (χ2n) is 5.15. The first-order chi connectivity index (χ1) is 9.11. The van der Waals surface area contributed by atoms with E-state index in [9.17, 15) is 0 Å². The van der Waals surface area contributed by atoms with Gasteiger partial charge in [-0.3, -0.25) is 0 Å². The fourth-order valence-electron chi connectivity index (χ4n) is 1.74. The van der Waals surface area contributed by atoms with Gasteiger partial charge in [0.2, 0.25) is 0 Å². The summed E-state index contributed by atoms with van der Waals surface area (Å²) in [5.74, 6) is 0. The van der Waals surface area contributed by atoms with Crippen LogP contribution >= 0.6 is 11.8 Å². The van der Waals surface area contributed by atoms with Gasteiger partial charge >= 0.3 is 0 Å². The molecule has 2 aromatic rings. The molecule has 0 fully saturated rings. The van der Waals surface area contributed by atoms with Gasteiger partial charge in [0.1, 0.15) is 0 Å². The third-order valence-corrected chi connectivity index (χ3v) is 4.32. The van der Waals surface area contributed by atoms with Crippen LogP contribution in [0.1, 0.15) is 19.5 Å². The van der Waals surface area contributed by atoms with Gasteiger partial charge in [0.15, 0.2) is 0 Å². The second kappa shape index (κ2) is 6.26. The van der Waals surface area contributed by atoms with Crippen molar-refractivity contribution in [3.8, 4) is 5.69 Å². The van der Waals surface area contributed by atoms with Gasteiger partial charge < -0.3 is 5.32 Å². The fourth-order valence-corrected chi connectivity index (χ4v) is 1.99. The molecule has 1 aromatic heterocycles. The third kappa shape index (κ3) is 4.11. The maximum absolute atomic E-state index is 4.57. The zero-order valence-corrected chi connectivity index (χ0v) is 12.6. The zero-order valence-electron chi connectivity index (χ0n) is 11.8. The molecule has 102 valence electrons. The molecule has 3 nitrogen and oxygen atoms in total. The molecule has 0 saturated carbocycles. The van der Waals surface area contributed by atoms with Crippen molar-refractivity contribution < 1.29 is 0 Å². The summed E-state index contributed by atoms with van der Waals surface area (Å²) in [6.45, 7) is 6.27. The lowest BCUT2D eigenvalue weighted by Crippen LogP contribution is -2.31. The van der Waals surface area contributed by atoms with Crippen LogP contribution in [0.2, 0.25) is 0 Å². The highest BCUT2D eigenvalue weighted by Gasteiger charge is 2.14. The van der Waals surface area contributed by atoms with Crippen molar-refractivity contribution in [3.63, 3.8) is 0 Å². The second-order valence-corrected chi connectivity index (χ2v) is 6.67. The van der Waals surface area contributed by atoms with E-state index in [-0.39, 0.29) is 4.75 Å². The van der Waals surface area contributed by atoms with Gasteiger partial charge in [-0.2, -0.15) is 16.9 Å². The molecule has 1 N–H and O–H groups in total. The molecule has 0 unspecified atom stereocenters. The van der Waals surface area contributed by atoms with E-state index >= 15 is 0 Å². The number of hydrogen-bond donors (Lipinski definition) is 1. The SMILES string of the molecule is CSC(C)(C)CNCc1ccn(-c2ccccc2)n1. The third-order valence-electron chi connectivity index (χ3n) is 3.07. The number of para-hydroxylation sites is 1. The summed E-state index contributed by atoms with van der Waals surface area (Å²) in [6.07, 6.45) is 4.15. The summed E-state index contributed by atoms with van der Waals surface area (Å²) in [6, 6.07) is 12.2. The van der Waals surface area contributed by atoms with Crippen LogP contribution in [-0.2, 0) is 6.54 Å². The van der Waals surface area contributed by atoms with E-state index in [0.717, 1.165) is 24.5 Å². The van der Waals surface area contributed by atoms with Crippen molar-refractivity contribution in [2.24, 2.45) is 0 Å². The molecule has 0 aliphatic heterocycles. The Bertz CT molecular complexity index is 505. The number of rotatable bonds is 6. The van der Waals surface area contributed by atoms with Gasteiger partial charge in [-0.15, -0.1) is 0 Å². The average molecular weight is 275 g/mol. The summed E-state index contributed by atoms with van der Waals surface area (Å²) >= 11 is 1.88. The van der Waals surface area contributed by atoms with Crippen LogP contribution in [0.3, 0.4) is 0 Å². The van der Waals surface area contributed by atoms with Crippen molar-refractivity contribution in [1.29, 1.82) is 0 Å². The minimum absolute atomic E-state index is 0.266. The Morgan fingerprint density at radius 1 is 1.21 bits per heavy atom. The fraction of sp³-hybridized carbons (Fsp3) is 0.400. The van der Waals surface area contributed by atoms with Crippen LogP contribution in [0.4, 0.5) is 0 Å². The van der Waals surface area contributed by atoms with Crippen LogP contribution in [-0.4, -0.2) is 27.3 Å². The van der Waals surface area contributed by atoms with Gasteiger partial charge in [0, 0.05) is 24.0 Å². The Hall–Kier alpha value is -1.26. The highest BCUT2D eigenvalue weighted by molar-refractivity contribution is 7.99. The van der Waals surface area contributed by atoms with E-state index < -0.39 is 0 Å². The van der Waals surface area contributed by atoms with Gasteiger partial charge in [0.05, 0.1) is 11.4 Å². The zero-order chi connectivity index (χ0) is 13.7. The molecule has 0 aliphatic carbocycles. The molecule has 0 spiro atoms. The van der Waals surface area contributed by atoms with Crippen molar-refractivity contribution in [2.75, 3.05) is 12.8 Å². The van der Waals surface area contributed by atoms with Crippen molar-refractivity contribution in [1.82, 2.24) is 15.1 Å². The largest absolute Gasteiger partial charge is 0.310 e. The summed E-state index contributed by atoms with van der Waals surface area (Å²) < 4.78 is 2.18. The molecule has 0 saturated heterocycles. The van der Waals surface area contributed by atoms with E-state index in [1.54, 1.807) is 0 Å². The van der Waals surface area contributed by atoms with Gasteiger partial charge in [-0.25, -0.2) is 4.68 Å². The lowest BCUT2D eigenvalue weighted by Gasteiger charge is -2.21. The van der Waals surface area contributed by atoms with Crippen molar-refractivity contribution >= 4 is 11.8 Å². The Morgan fingerprint density at radius 2 is 1.95 bits per heavy atom. The Balaban J connectivity index is 1.92. The maximum Gasteiger partial charge on any atom is 0.0766 e. The highest BCUT2D eigenvalue weighted by Crippen LogP contribution is 2.19. The smallest absolute Gasteiger partial charge is 0.0766 e. The molecule has 1 aromatic carbocycles. The van der Waals surface area contributed by atoms with E-state index in [0.29, 0.717) is 0 Å². The molecule has 0 atom stereocenters. The number of thioether (sulfide) groups is 1. The van der Waals surface area contributed by atoms with E-state index in [4.69, 9.17) is 0 Å². The van der Waals surface area contributed by atoms with Gasteiger partial charge in [-0.05, 0) is 38.3 Å². The van der Waals surface area contributed by atoms with Gasteiger partial charge in [-0.1, -0.05) is 18.2 Å². The standard InChI is InChI=1S/C15H21N3S/c1-15(2,19-3)12-16-11-13-9-10-18(17-13)14-7-5-4-6-8-14/h4-10,16H,11-12H2,1-3H3. The van der Waals surface area contributed by atoms with Gasteiger partial charge in [0.25, 0.3) is 0 Å². The van der Waals surface area contributed by atoms with Crippen molar-refractivity contribution in [2.45, 2.75) is 25.1 Å². The first-order valence-electron chi connectivity index (χ1n) is 6.46. The summed E-state index contributed by atoms with van der Waals surface area (Å²) in [5.41, 5.74) is 2.17. The summed E-state index contributed by atoms with van der Waals surface area (Å²) in [4.78, 5) is 0. The monoisotopic (exact) mass is 275 g/mol. The number of nitrogens with zero attached hydrogens (tertiary/aromatic N) is 2. The number of hydrogen-bond acceptors (Lipinski definition) is 3. The molecule has 0 bridgehead atoms. The Labute approximate surface area is 119 Å². The first kappa shape index (κ1) is 14.2. The highest BCUT2D eigenvalue weighted by atomic mass is 32.2. The Kier molecular flexibility index (Phi) is 4.66. The maximum atomic E-state index is 4.57. The number of nitrogens with one attached hydrogen (secondary N) is 1. The van der Waals surface area contributed by atoms with Crippen LogP contribution < -0.4 is 5.32 Å². The minimum atomic E-state index is 0.266. The van der Waals surface area contributed by atoms with Crippen LogP contribution in [0.5, 0.6) is 0 Å². The van der Waals surface area contributed by atoms with E-state index in [1.807, 2.05) is 40.8 Å². The van der Waals surface area contributed by atoms with Crippen molar-refractivity contribution in [3.05, 3.63) is 48.3 Å². The normalized spacial score (nSPS) is 11.7.